The van der Waals surface area contributed by atoms with Crippen molar-refractivity contribution in [2.24, 2.45) is 5.10 Å². The van der Waals surface area contributed by atoms with E-state index in [2.05, 4.69) is 15.8 Å². The molecule has 0 aliphatic heterocycles. The number of nitrogens with zero attached hydrogens (tertiary/aromatic N) is 1. The van der Waals surface area contributed by atoms with E-state index in [1.54, 1.807) is 6.21 Å². The van der Waals surface area contributed by atoms with Gasteiger partial charge in [0.25, 0.3) is 5.91 Å². The zero-order valence-corrected chi connectivity index (χ0v) is 16.6. The summed E-state index contributed by atoms with van der Waals surface area (Å²) in [6, 6.07) is 19.5. The summed E-state index contributed by atoms with van der Waals surface area (Å²) < 4.78 is 11.1. The fourth-order valence-corrected chi connectivity index (χ4v) is 2.93. The van der Waals surface area contributed by atoms with Crippen molar-refractivity contribution in [3.63, 3.8) is 0 Å². The van der Waals surface area contributed by atoms with Crippen LogP contribution < -0.4 is 20.2 Å². The zero-order chi connectivity index (χ0) is 20.5. The number of carbonyl (C=O) groups is 1. The second-order valence-electron chi connectivity index (χ2n) is 6.24. The summed E-state index contributed by atoms with van der Waals surface area (Å²) in [5.41, 5.74) is 4.21. The van der Waals surface area contributed by atoms with Gasteiger partial charge in [-0.05, 0) is 37.4 Å². The summed E-state index contributed by atoms with van der Waals surface area (Å²) in [4.78, 5) is 12.2. The molecule has 0 aliphatic rings. The Bertz CT molecular complexity index is 996. The van der Waals surface area contributed by atoms with Crippen molar-refractivity contribution in [3.8, 4) is 11.5 Å². The number of carbonyl (C=O) groups excluding carboxylic acids is 1. The van der Waals surface area contributed by atoms with E-state index < -0.39 is 0 Å². The smallest absolute Gasteiger partial charge is 0.259 e. The molecule has 29 heavy (non-hydrogen) atoms. The summed E-state index contributed by atoms with van der Waals surface area (Å²) in [5.74, 6) is 1.15. The number of ether oxygens (including phenoxy) is 2. The first-order valence-corrected chi connectivity index (χ1v) is 9.64. The molecule has 0 radical (unpaired) electrons. The average molecular weight is 391 g/mol. The maximum absolute atomic E-state index is 12.2. The lowest BCUT2D eigenvalue weighted by molar-refractivity contribution is -0.119. The van der Waals surface area contributed by atoms with Crippen LogP contribution >= 0.6 is 0 Å². The Balaban J connectivity index is 1.59. The van der Waals surface area contributed by atoms with Crippen LogP contribution in [0.5, 0.6) is 11.5 Å². The molecule has 0 spiro atoms. The Morgan fingerprint density at radius 3 is 2.62 bits per heavy atom. The van der Waals surface area contributed by atoms with E-state index in [-0.39, 0.29) is 12.5 Å². The third kappa shape index (κ3) is 5.48. The van der Waals surface area contributed by atoms with Crippen LogP contribution in [0.4, 0.5) is 5.69 Å². The number of amides is 1. The lowest BCUT2D eigenvalue weighted by atomic mass is 10.1. The van der Waals surface area contributed by atoms with E-state index in [1.807, 2.05) is 74.5 Å². The molecular weight excluding hydrogens is 366 g/mol. The number of fused-ring (bicyclic) bond motifs is 1. The fourth-order valence-electron chi connectivity index (χ4n) is 2.93. The monoisotopic (exact) mass is 391 g/mol. The minimum Gasteiger partial charge on any atom is -0.494 e. The molecule has 0 saturated carbocycles. The van der Waals surface area contributed by atoms with Gasteiger partial charge < -0.3 is 14.8 Å². The number of hydrazone groups is 1. The molecule has 1 amide bonds. The van der Waals surface area contributed by atoms with Gasteiger partial charge in [-0.15, -0.1) is 0 Å². The van der Waals surface area contributed by atoms with Gasteiger partial charge in [-0.2, -0.15) is 5.10 Å². The first-order chi connectivity index (χ1) is 14.2. The SMILES string of the molecule is CCOc1ccc(/C=N\NC(=O)CNc2cccc3ccccc23)c(OCC)c1. The first-order valence-electron chi connectivity index (χ1n) is 9.64. The van der Waals surface area contributed by atoms with E-state index in [4.69, 9.17) is 9.47 Å². The molecule has 0 aromatic heterocycles. The predicted molar refractivity (Wildman–Crippen MR) is 117 cm³/mol. The van der Waals surface area contributed by atoms with Gasteiger partial charge in [0.05, 0.1) is 26.0 Å². The molecule has 3 rings (SSSR count). The number of hydrogen-bond acceptors (Lipinski definition) is 5. The van der Waals surface area contributed by atoms with E-state index in [1.165, 1.54) is 0 Å². The highest BCUT2D eigenvalue weighted by atomic mass is 16.5. The number of rotatable bonds is 9. The molecule has 2 N–H and O–H groups in total. The second kappa shape index (κ2) is 10.1. The molecule has 0 bridgehead atoms. The lowest BCUT2D eigenvalue weighted by Crippen LogP contribution is -2.26. The van der Waals surface area contributed by atoms with Gasteiger partial charge in [0.2, 0.25) is 0 Å². The molecular formula is C23H25N3O3. The Kier molecular flexibility index (Phi) is 7.05. The van der Waals surface area contributed by atoms with Crippen LogP contribution in [-0.2, 0) is 4.79 Å². The largest absolute Gasteiger partial charge is 0.494 e. The molecule has 0 unspecified atom stereocenters. The average Bonchev–Trinajstić information content (AvgIpc) is 2.74. The van der Waals surface area contributed by atoms with Gasteiger partial charge in [0.1, 0.15) is 11.5 Å². The summed E-state index contributed by atoms with van der Waals surface area (Å²) in [5, 5.41) is 9.40. The van der Waals surface area contributed by atoms with Crippen LogP contribution in [0.1, 0.15) is 19.4 Å². The van der Waals surface area contributed by atoms with Crippen LogP contribution in [0.2, 0.25) is 0 Å². The number of hydrogen-bond donors (Lipinski definition) is 2. The second-order valence-corrected chi connectivity index (χ2v) is 6.24. The molecule has 150 valence electrons. The van der Waals surface area contributed by atoms with Crippen LogP contribution in [0.25, 0.3) is 10.8 Å². The summed E-state index contributed by atoms with van der Waals surface area (Å²) in [6.45, 7) is 5.07. The summed E-state index contributed by atoms with van der Waals surface area (Å²) in [7, 11) is 0. The van der Waals surface area contributed by atoms with Gasteiger partial charge in [0, 0.05) is 22.7 Å². The molecule has 0 aliphatic carbocycles. The van der Waals surface area contributed by atoms with E-state index >= 15 is 0 Å². The van der Waals surface area contributed by atoms with Crippen molar-refractivity contribution in [2.45, 2.75) is 13.8 Å². The third-order valence-corrected chi connectivity index (χ3v) is 4.22. The lowest BCUT2D eigenvalue weighted by Gasteiger charge is -2.10. The van der Waals surface area contributed by atoms with Crippen molar-refractivity contribution in [1.82, 2.24) is 5.43 Å². The topological polar surface area (TPSA) is 72.0 Å². The summed E-state index contributed by atoms with van der Waals surface area (Å²) >= 11 is 0. The fraction of sp³-hybridized carbons (Fsp3) is 0.217. The maximum atomic E-state index is 12.2. The van der Waals surface area contributed by atoms with Crippen LogP contribution in [-0.4, -0.2) is 31.9 Å². The molecule has 6 nitrogen and oxygen atoms in total. The highest BCUT2D eigenvalue weighted by Crippen LogP contribution is 2.24. The third-order valence-electron chi connectivity index (χ3n) is 4.22. The van der Waals surface area contributed by atoms with Crippen LogP contribution in [0, 0.1) is 0 Å². The van der Waals surface area contributed by atoms with Crippen LogP contribution in [0.15, 0.2) is 65.8 Å². The normalized spacial score (nSPS) is 10.8. The van der Waals surface area contributed by atoms with Crippen molar-refractivity contribution in [3.05, 3.63) is 66.2 Å². The predicted octanol–water partition coefficient (Wildman–Crippen LogP) is 4.20. The van der Waals surface area contributed by atoms with Gasteiger partial charge in [-0.3, -0.25) is 4.79 Å². The minimum atomic E-state index is -0.238. The Hall–Kier alpha value is -3.54. The number of benzene rings is 3. The maximum Gasteiger partial charge on any atom is 0.259 e. The first kappa shape index (κ1) is 20.2. The molecule has 0 heterocycles. The molecule has 0 atom stereocenters. The molecule has 3 aromatic rings. The van der Waals surface area contributed by atoms with Gasteiger partial charge >= 0.3 is 0 Å². The van der Waals surface area contributed by atoms with Crippen molar-refractivity contribution < 1.29 is 14.3 Å². The van der Waals surface area contributed by atoms with Crippen LogP contribution in [0.3, 0.4) is 0 Å². The zero-order valence-electron chi connectivity index (χ0n) is 16.6. The Labute approximate surface area is 170 Å². The standard InChI is InChI=1S/C23H25N3O3/c1-3-28-19-13-12-18(22(14-19)29-4-2)15-25-26-23(27)16-24-21-11-7-9-17-8-5-6-10-20(17)21/h5-15,24H,3-4,16H2,1-2H3,(H,26,27)/b25-15-. The van der Waals surface area contributed by atoms with Gasteiger partial charge in [0.15, 0.2) is 0 Å². The highest BCUT2D eigenvalue weighted by Gasteiger charge is 2.06. The van der Waals surface area contributed by atoms with Gasteiger partial charge in [-0.1, -0.05) is 36.4 Å². The molecule has 0 fully saturated rings. The summed E-state index contributed by atoms with van der Waals surface area (Å²) in [6.07, 6.45) is 1.57. The van der Waals surface area contributed by atoms with Gasteiger partial charge in [-0.25, -0.2) is 5.43 Å². The van der Waals surface area contributed by atoms with E-state index in [9.17, 15) is 4.79 Å². The quantitative estimate of drug-likeness (QED) is 0.424. The molecule has 0 saturated heterocycles. The van der Waals surface area contributed by atoms with E-state index in [0.29, 0.717) is 19.0 Å². The number of nitrogens with one attached hydrogen (secondary N) is 2. The minimum absolute atomic E-state index is 0.118. The Morgan fingerprint density at radius 1 is 1.00 bits per heavy atom. The van der Waals surface area contributed by atoms with Crippen molar-refractivity contribution in [1.29, 1.82) is 0 Å². The molecule has 6 heteroatoms. The number of anilines is 1. The highest BCUT2D eigenvalue weighted by molar-refractivity contribution is 5.95. The molecule has 3 aromatic carbocycles. The Morgan fingerprint density at radius 2 is 1.79 bits per heavy atom. The van der Waals surface area contributed by atoms with Crippen molar-refractivity contribution >= 4 is 28.6 Å². The van der Waals surface area contributed by atoms with Crippen molar-refractivity contribution in [2.75, 3.05) is 25.1 Å². The van der Waals surface area contributed by atoms with E-state index in [0.717, 1.165) is 27.8 Å².